The number of hydrogen-bond donors (Lipinski definition) is 1. The smallest absolute Gasteiger partial charge is 0.336 e. The van der Waals surface area contributed by atoms with Gasteiger partial charge in [0, 0.05) is 23.2 Å². The third-order valence-electron chi connectivity index (χ3n) is 5.35. The first-order valence-electron chi connectivity index (χ1n) is 10.1. The molecule has 0 aliphatic carbocycles. The van der Waals surface area contributed by atoms with Gasteiger partial charge in [-0.05, 0) is 49.1 Å². The summed E-state index contributed by atoms with van der Waals surface area (Å²) in [7, 11) is 0. The molecule has 4 rings (SSSR count). The maximum atomic E-state index is 13.2. The van der Waals surface area contributed by atoms with Gasteiger partial charge in [-0.15, -0.1) is 0 Å². The van der Waals surface area contributed by atoms with Crippen LogP contribution in [0.3, 0.4) is 0 Å². The number of amides is 3. The first-order valence-corrected chi connectivity index (χ1v) is 10.1. The Balaban J connectivity index is 1.66. The van der Waals surface area contributed by atoms with Crippen LogP contribution in [0.2, 0.25) is 0 Å². The number of benzene rings is 2. The average Bonchev–Trinajstić information content (AvgIpc) is 2.96. The number of carbonyl (C=O) groups excluding carboxylic acids is 3. The molecule has 31 heavy (non-hydrogen) atoms. The Morgan fingerprint density at radius 1 is 1.00 bits per heavy atom. The molecule has 2 aromatic carbocycles. The molecular weight excluding hydrogens is 396 g/mol. The highest BCUT2D eigenvalue weighted by Gasteiger charge is 2.42. The van der Waals surface area contributed by atoms with E-state index in [-0.39, 0.29) is 5.92 Å². The maximum absolute atomic E-state index is 13.2. The Hall–Kier alpha value is -3.74. The Kier molecular flexibility index (Phi) is 5.19. The van der Waals surface area contributed by atoms with E-state index in [0.717, 1.165) is 15.8 Å². The van der Waals surface area contributed by atoms with Crippen molar-refractivity contribution in [2.75, 3.05) is 5.32 Å². The number of aryl methyl sites for hydroxylation is 1. The highest BCUT2D eigenvalue weighted by atomic mass is 16.4. The van der Waals surface area contributed by atoms with E-state index in [4.69, 9.17) is 4.42 Å². The molecule has 1 atom stereocenters. The predicted molar refractivity (Wildman–Crippen MR) is 116 cm³/mol. The molecule has 0 radical (unpaired) electrons. The lowest BCUT2D eigenvalue weighted by molar-refractivity contribution is -0.120. The van der Waals surface area contributed by atoms with Gasteiger partial charge in [0.05, 0.1) is 11.1 Å². The van der Waals surface area contributed by atoms with Gasteiger partial charge in [-0.25, -0.2) is 4.79 Å². The molecule has 1 aliphatic heterocycles. The monoisotopic (exact) mass is 418 g/mol. The third-order valence-corrected chi connectivity index (χ3v) is 5.35. The van der Waals surface area contributed by atoms with Crippen LogP contribution in [0.5, 0.6) is 0 Å². The average molecular weight is 418 g/mol. The largest absolute Gasteiger partial charge is 0.423 e. The summed E-state index contributed by atoms with van der Waals surface area (Å²) >= 11 is 0. The number of nitrogens with one attached hydrogen (secondary N) is 1. The fraction of sp³-hybridized carbons (Fsp3) is 0.250. The van der Waals surface area contributed by atoms with Gasteiger partial charge in [-0.2, -0.15) is 0 Å². The Bertz CT molecular complexity index is 1240. The second-order valence-electron chi connectivity index (χ2n) is 8.12. The van der Waals surface area contributed by atoms with Crippen LogP contribution in [0.15, 0.2) is 57.7 Å². The highest BCUT2D eigenvalue weighted by Crippen LogP contribution is 2.28. The van der Waals surface area contributed by atoms with Crippen LogP contribution in [0.4, 0.5) is 5.69 Å². The molecule has 0 bridgehead atoms. The summed E-state index contributed by atoms with van der Waals surface area (Å²) in [4.78, 5) is 51.8. The number of rotatable bonds is 5. The van der Waals surface area contributed by atoms with E-state index >= 15 is 0 Å². The quantitative estimate of drug-likeness (QED) is 0.503. The van der Waals surface area contributed by atoms with E-state index in [1.54, 1.807) is 49.4 Å². The molecule has 0 unspecified atom stereocenters. The van der Waals surface area contributed by atoms with Crippen molar-refractivity contribution in [3.05, 3.63) is 75.6 Å². The van der Waals surface area contributed by atoms with Crippen molar-refractivity contribution in [3.63, 3.8) is 0 Å². The molecule has 2 heterocycles. The maximum Gasteiger partial charge on any atom is 0.336 e. The van der Waals surface area contributed by atoms with Gasteiger partial charge in [-0.1, -0.05) is 26.0 Å². The number of nitrogens with zero attached hydrogens (tertiary/aromatic N) is 1. The van der Waals surface area contributed by atoms with Crippen molar-refractivity contribution in [2.24, 2.45) is 5.92 Å². The molecule has 7 heteroatoms. The highest BCUT2D eigenvalue weighted by molar-refractivity contribution is 6.23. The minimum Gasteiger partial charge on any atom is -0.423 e. The second kappa shape index (κ2) is 7.83. The first-order chi connectivity index (χ1) is 14.8. The minimum absolute atomic E-state index is 0.0670. The molecule has 3 aromatic rings. The fourth-order valence-corrected chi connectivity index (χ4v) is 3.90. The molecular formula is C24H22N2O5. The van der Waals surface area contributed by atoms with Crippen molar-refractivity contribution in [2.45, 2.75) is 33.2 Å². The van der Waals surface area contributed by atoms with E-state index in [1.165, 1.54) is 6.07 Å². The van der Waals surface area contributed by atoms with Crippen LogP contribution < -0.4 is 10.9 Å². The number of carbonyl (C=O) groups is 3. The summed E-state index contributed by atoms with van der Waals surface area (Å²) < 4.78 is 5.24. The van der Waals surface area contributed by atoms with E-state index in [0.29, 0.717) is 28.8 Å². The molecule has 0 saturated heterocycles. The van der Waals surface area contributed by atoms with Crippen LogP contribution in [0, 0.1) is 12.8 Å². The minimum atomic E-state index is -0.965. The summed E-state index contributed by atoms with van der Waals surface area (Å²) in [6.45, 7) is 5.65. The number of hydrogen-bond acceptors (Lipinski definition) is 5. The van der Waals surface area contributed by atoms with Crippen LogP contribution >= 0.6 is 0 Å². The van der Waals surface area contributed by atoms with Gasteiger partial charge in [0.2, 0.25) is 5.91 Å². The molecule has 0 spiro atoms. The number of imide groups is 1. The first kappa shape index (κ1) is 20.5. The van der Waals surface area contributed by atoms with Gasteiger partial charge in [0.25, 0.3) is 11.8 Å². The Morgan fingerprint density at radius 3 is 2.26 bits per heavy atom. The third kappa shape index (κ3) is 3.74. The van der Waals surface area contributed by atoms with E-state index in [9.17, 15) is 19.2 Å². The van der Waals surface area contributed by atoms with E-state index in [1.807, 2.05) is 13.8 Å². The summed E-state index contributed by atoms with van der Waals surface area (Å²) in [6.07, 6.45) is 0.319. The molecule has 0 fully saturated rings. The summed E-state index contributed by atoms with van der Waals surface area (Å²) in [5.74, 6) is -1.35. The predicted octanol–water partition coefficient (Wildman–Crippen LogP) is 3.75. The SMILES string of the molecule is Cc1cc(=O)oc2cc(NC(=O)[C@H](CC(C)C)N3C(=O)c4ccccc4C3=O)ccc12. The van der Waals surface area contributed by atoms with Crippen LogP contribution in [0.1, 0.15) is 46.5 Å². The fourth-order valence-electron chi connectivity index (χ4n) is 3.90. The molecule has 1 aromatic heterocycles. The molecule has 0 saturated carbocycles. The molecule has 1 N–H and O–H groups in total. The zero-order valence-corrected chi connectivity index (χ0v) is 17.5. The normalized spacial score (nSPS) is 14.3. The van der Waals surface area contributed by atoms with Crippen molar-refractivity contribution < 1.29 is 18.8 Å². The van der Waals surface area contributed by atoms with Gasteiger partial charge in [-0.3, -0.25) is 19.3 Å². The Labute approximate surface area is 178 Å². The van der Waals surface area contributed by atoms with Crippen molar-refractivity contribution in [1.29, 1.82) is 0 Å². The zero-order valence-electron chi connectivity index (χ0n) is 17.5. The van der Waals surface area contributed by atoms with E-state index < -0.39 is 29.4 Å². The van der Waals surface area contributed by atoms with Crippen molar-refractivity contribution >= 4 is 34.4 Å². The summed E-state index contributed by atoms with van der Waals surface area (Å²) in [5.41, 5.74) is 1.67. The summed E-state index contributed by atoms with van der Waals surface area (Å²) in [5, 5.41) is 3.54. The van der Waals surface area contributed by atoms with Gasteiger partial charge < -0.3 is 9.73 Å². The zero-order chi connectivity index (χ0) is 22.3. The topological polar surface area (TPSA) is 96.7 Å². The van der Waals surface area contributed by atoms with Crippen LogP contribution in [-0.2, 0) is 4.79 Å². The number of anilines is 1. The van der Waals surface area contributed by atoms with Crippen molar-refractivity contribution in [1.82, 2.24) is 4.90 Å². The lowest BCUT2D eigenvalue weighted by Crippen LogP contribution is -2.47. The molecule has 1 aliphatic rings. The van der Waals surface area contributed by atoms with Crippen LogP contribution in [0.25, 0.3) is 11.0 Å². The summed E-state index contributed by atoms with van der Waals surface area (Å²) in [6, 6.07) is 12.0. The molecule has 3 amide bonds. The van der Waals surface area contributed by atoms with Gasteiger partial charge >= 0.3 is 5.63 Å². The molecule has 158 valence electrons. The van der Waals surface area contributed by atoms with Crippen LogP contribution in [-0.4, -0.2) is 28.7 Å². The lowest BCUT2D eigenvalue weighted by atomic mass is 10.0. The standard InChI is InChI=1S/C24H22N2O5/c1-13(2)10-19(26-23(29)17-6-4-5-7-18(17)24(26)30)22(28)25-15-8-9-16-14(3)11-21(27)31-20(16)12-15/h4-9,11-13,19H,10H2,1-3H3,(H,25,28)/t19-/m0/s1. The second-order valence-corrected chi connectivity index (χ2v) is 8.12. The lowest BCUT2D eigenvalue weighted by Gasteiger charge is -2.26. The molecule has 7 nitrogen and oxygen atoms in total. The number of fused-ring (bicyclic) bond motifs is 2. The Morgan fingerprint density at radius 2 is 1.65 bits per heavy atom. The van der Waals surface area contributed by atoms with Crippen molar-refractivity contribution in [3.8, 4) is 0 Å². The van der Waals surface area contributed by atoms with E-state index in [2.05, 4.69) is 5.32 Å². The van der Waals surface area contributed by atoms with Gasteiger partial charge in [0.1, 0.15) is 11.6 Å². The van der Waals surface area contributed by atoms with Gasteiger partial charge in [0.15, 0.2) is 0 Å².